The number of rotatable bonds is 3. The molecule has 0 rings (SSSR count). The van der Waals surface area contributed by atoms with Gasteiger partial charge in [0.25, 0.3) is 5.91 Å². The fraction of sp³-hybridized carbons (Fsp3) is 0.857. The van der Waals surface area contributed by atoms with Crippen LogP contribution >= 0.6 is 0 Å². The summed E-state index contributed by atoms with van der Waals surface area (Å²) >= 11 is 0. The number of amides is 1. The second-order valence-corrected chi connectivity index (χ2v) is 3.05. The molecule has 11 heavy (non-hydrogen) atoms. The Morgan fingerprint density at radius 1 is 1.45 bits per heavy atom. The molecule has 0 aromatic heterocycles. The Morgan fingerprint density at radius 2 is 1.91 bits per heavy atom. The molecule has 0 fully saturated rings. The highest BCUT2D eigenvalue weighted by Gasteiger charge is 2.26. The number of nitrogens with zero attached hydrogens (tertiary/aromatic N) is 1. The molecule has 4 nitrogen and oxygen atoms in total. The molecule has 0 saturated carbocycles. The fourth-order valence-corrected chi connectivity index (χ4v) is 0.430. The highest BCUT2D eigenvalue weighted by molar-refractivity contribution is 5.83. The molecule has 0 unspecified atom stereocenters. The van der Waals surface area contributed by atoms with Gasteiger partial charge in [-0.05, 0) is 13.8 Å². The SMILES string of the molecule is COC(C)(C)C(=O)NN(C)C. The summed E-state index contributed by atoms with van der Waals surface area (Å²) < 4.78 is 4.96. The van der Waals surface area contributed by atoms with Crippen LogP contribution in [0, 0.1) is 0 Å². The number of methoxy groups -OCH3 is 1. The zero-order valence-corrected chi connectivity index (χ0v) is 7.76. The van der Waals surface area contributed by atoms with Gasteiger partial charge < -0.3 is 4.74 Å². The zero-order chi connectivity index (χ0) is 9.07. The Kier molecular flexibility index (Phi) is 3.48. The summed E-state index contributed by atoms with van der Waals surface area (Å²) in [5.41, 5.74) is 1.84. The quantitative estimate of drug-likeness (QED) is 0.591. The lowest BCUT2D eigenvalue weighted by molar-refractivity contribution is -0.143. The van der Waals surface area contributed by atoms with Crippen molar-refractivity contribution in [3.63, 3.8) is 0 Å². The lowest BCUT2D eigenvalue weighted by Crippen LogP contribution is -2.48. The van der Waals surface area contributed by atoms with E-state index in [4.69, 9.17) is 4.74 Å². The molecule has 0 aromatic rings. The molecule has 0 aliphatic carbocycles. The molecule has 1 N–H and O–H groups in total. The van der Waals surface area contributed by atoms with E-state index in [2.05, 4.69) is 5.43 Å². The van der Waals surface area contributed by atoms with Crippen molar-refractivity contribution in [2.75, 3.05) is 21.2 Å². The van der Waals surface area contributed by atoms with E-state index in [9.17, 15) is 4.79 Å². The topological polar surface area (TPSA) is 41.6 Å². The molecule has 66 valence electrons. The first-order valence-corrected chi connectivity index (χ1v) is 3.43. The minimum Gasteiger partial charge on any atom is -0.369 e. The second kappa shape index (κ2) is 3.69. The van der Waals surface area contributed by atoms with E-state index >= 15 is 0 Å². The summed E-state index contributed by atoms with van der Waals surface area (Å²) in [6, 6.07) is 0. The smallest absolute Gasteiger partial charge is 0.265 e. The van der Waals surface area contributed by atoms with Gasteiger partial charge in [-0.1, -0.05) is 0 Å². The third-order valence-electron chi connectivity index (χ3n) is 1.38. The van der Waals surface area contributed by atoms with E-state index in [1.165, 1.54) is 7.11 Å². The van der Waals surface area contributed by atoms with Gasteiger partial charge >= 0.3 is 0 Å². The average Bonchev–Trinajstić information content (AvgIpc) is 1.86. The van der Waals surface area contributed by atoms with Gasteiger partial charge in [-0.2, -0.15) is 0 Å². The van der Waals surface area contributed by atoms with Crippen LogP contribution in [-0.4, -0.2) is 37.7 Å². The minimum atomic E-state index is -0.760. The molecular formula is C7H16N2O2. The van der Waals surface area contributed by atoms with Crippen molar-refractivity contribution in [2.45, 2.75) is 19.4 Å². The van der Waals surface area contributed by atoms with Crippen molar-refractivity contribution < 1.29 is 9.53 Å². The van der Waals surface area contributed by atoms with Gasteiger partial charge in [0.15, 0.2) is 0 Å². The molecule has 1 amide bonds. The van der Waals surface area contributed by atoms with Crippen molar-refractivity contribution in [3.8, 4) is 0 Å². The van der Waals surface area contributed by atoms with E-state index in [1.54, 1.807) is 33.0 Å². The van der Waals surface area contributed by atoms with E-state index in [0.29, 0.717) is 0 Å². The number of carbonyl (C=O) groups excluding carboxylic acids is 1. The summed E-state index contributed by atoms with van der Waals surface area (Å²) in [5.74, 6) is -0.148. The van der Waals surface area contributed by atoms with Crippen molar-refractivity contribution in [2.24, 2.45) is 0 Å². The summed E-state index contributed by atoms with van der Waals surface area (Å²) in [6.07, 6.45) is 0. The van der Waals surface area contributed by atoms with E-state index in [0.717, 1.165) is 0 Å². The molecule has 0 aliphatic heterocycles. The van der Waals surface area contributed by atoms with Gasteiger partial charge in [-0.15, -0.1) is 0 Å². The summed E-state index contributed by atoms with van der Waals surface area (Å²) in [4.78, 5) is 11.2. The lowest BCUT2D eigenvalue weighted by atomic mass is 10.1. The molecule has 0 aliphatic rings. The highest BCUT2D eigenvalue weighted by atomic mass is 16.5. The molecule has 0 bridgehead atoms. The van der Waals surface area contributed by atoms with Gasteiger partial charge in [0.2, 0.25) is 0 Å². The first-order chi connectivity index (χ1) is 4.90. The van der Waals surface area contributed by atoms with Crippen molar-refractivity contribution in [1.29, 1.82) is 0 Å². The highest BCUT2D eigenvalue weighted by Crippen LogP contribution is 2.06. The Morgan fingerprint density at radius 3 is 2.18 bits per heavy atom. The number of ether oxygens (including phenoxy) is 1. The molecule has 0 spiro atoms. The molecule has 0 atom stereocenters. The summed E-state index contributed by atoms with van der Waals surface area (Å²) in [7, 11) is 5.02. The Labute approximate surface area is 67.5 Å². The normalized spacial score (nSPS) is 11.8. The van der Waals surface area contributed by atoms with Crippen LogP contribution in [0.5, 0.6) is 0 Å². The van der Waals surface area contributed by atoms with Gasteiger partial charge in [0.05, 0.1) is 0 Å². The number of nitrogens with one attached hydrogen (secondary N) is 1. The Hall–Kier alpha value is -0.610. The Balaban J connectivity index is 4.02. The van der Waals surface area contributed by atoms with Crippen LogP contribution in [0.15, 0.2) is 0 Å². The monoisotopic (exact) mass is 160 g/mol. The maximum Gasteiger partial charge on any atom is 0.265 e. The van der Waals surface area contributed by atoms with E-state index in [1.807, 2.05) is 0 Å². The number of hydrogen-bond acceptors (Lipinski definition) is 3. The average molecular weight is 160 g/mol. The standard InChI is InChI=1S/C7H16N2O2/c1-7(2,11-5)6(10)8-9(3)4/h1-5H3,(H,8,10). The van der Waals surface area contributed by atoms with Gasteiger partial charge in [-0.3, -0.25) is 10.2 Å². The summed E-state index contributed by atoms with van der Waals surface area (Å²) in [6.45, 7) is 3.43. The maximum absolute atomic E-state index is 11.2. The van der Waals surface area contributed by atoms with Crippen LogP contribution in [0.25, 0.3) is 0 Å². The predicted octanol–water partition coefficient (Wildman–Crippen LogP) is 0.00420. The molecule has 0 radical (unpaired) electrons. The third kappa shape index (κ3) is 3.34. The molecular weight excluding hydrogens is 144 g/mol. The summed E-state index contributed by atoms with van der Waals surface area (Å²) in [5, 5.41) is 1.59. The van der Waals surface area contributed by atoms with Gasteiger partial charge in [0.1, 0.15) is 5.60 Å². The second-order valence-electron chi connectivity index (χ2n) is 3.05. The van der Waals surface area contributed by atoms with Crippen molar-refractivity contribution in [1.82, 2.24) is 10.4 Å². The van der Waals surface area contributed by atoms with Crippen LogP contribution < -0.4 is 5.43 Å². The Bertz CT molecular complexity index is 143. The largest absolute Gasteiger partial charge is 0.369 e. The van der Waals surface area contributed by atoms with E-state index in [-0.39, 0.29) is 5.91 Å². The van der Waals surface area contributed by atoms with Crippen LogP contribution in [-0.2, 0) is 9.53 Å². The maximum atomic E-state index is 11.2. The molecule has 4 heteroatoms. The number of hydrazine groups is 1. The lowest BCUT2D eigenvalue weighted by Gasteiger charge is -2.23. The van der Waals surface area contributed by atoms with Gasteiger partial charge in [0, 0.05) is 21.2 Å². The first kappa shape index (κ1) is 10.4. The zero-order valence-electron chi connectivity index (χ0n) is 7.76. The predicted molar refractivity (Wildman–Crippen MR) is 42.9 cm³/mol. The number of hydrogen-bond donors (Lipinski definition) is 1. The fourth-order valence-electron chi connectivity index (χ4n) is 0.430. The first-order valence-electron chi connectivity index (χ1n) is 3.43. The number of carbonyl (C=O) groups is 1. The van der Waals surface area contributed by atoms with E-state index < -0.39 is 5.60 Å². The third-order valence-corrected chi connectivity index (χ3v) is 1.38. The van der Waals surface area contributed by atoms with Crippen molar-refractivity contribution in [3.05, 3.63) is 0 Å². The van der Waals surface area contributed by atoms with Crippen LogP contribution in [0.4, 0.5) is 0 Å². The van der Waals surface area contributed by atoms with Gasteiger partial charge in [-0.25, -0.2) is 5.01 Å². The minimum absolute atomic E-state index is 0.148. The van der Waals surface area contributed by atoms with Crippen LogP contribution in [0.2, 0.25) is 0 Å². The molecule has 0 saturated heterocycles. The molecule has 0 aromatic carbocycles. The van der Waals surface area contributed by atoms with Crippen LogP contribution in [0.1, 0.15) is 13.8 Å². The van der Waals surface area contributed by atoms with Crippen molar-refractivity contribution >= 4 is 5.91 Å². The van der Waals surface area contributed by atoms with Crippen LogP contribution in [0.3, 0.4) is 0 Å². The molecule has 0 heterocycles.